The highest BCUT2D eigenvalue weighted by Gasteiger charge is 2.38. The molecule has 24 heavy (non-hydrogen) atoms. The zero-order chi connectivity index (χ0) is 17.0. The van der Waals surface area contributed by atoms with E-state index in [1.807, 2.05) is 12.1 Å². The molecule has 0 spiro atoms. The van der Waals surface area contributed by atoms with Gasteiger partial charge in [0, 0.05) is 5.56 Å². The Hall–Kier alpha value is -1.86. The smallest absolute Gasteiger partial charge is 0.203 e. The van der Waals surface area contributed by atoms with E-state index in [1.54, 1.807) is 21.3 Å². The van der Waals surface area contributed by atoms with Gasteiger partial charge in [0.1, 0.15) is 0 Å². The third-order valence-corrected chi connectivity index (χ3v) is 5.64. The molecule has 3 heterocycles. The average molecular weight is 330 g/mol. The molecule has 0 saturated carbocycles. The van der Waals surface area contributed by atoms with Gasteiger partial charge in [-0.1, -0.05) is 11.8 Å². The molecule has 4 rings (SSSR count). The first-order valence-electron chi connectivity index (χ1n) is 8.84. The first-order chi connectivity index (χ1) is 11.7. The van der Waals surface area contributed by atoms with Gasteiger partial charge in [-0.3, -0.25) is 0 Å². The number of quaternary nitrogens is 1. The largest absolute Gasteiger partial charge is 0.493 e. The molecular formula is C20H28NO3+. The number of methoxy groups -OCH3 is 3. The fraction of sp³-hybridized carbons (Fsp3) is 0.600. The van der Waals surface area contributed by atoms with Crippen molar-refractivity contribution < 1.29 is 18.7 Å². The molecule has 4 heteroatoms. The molecule has 2 bridgehead atoms. The van der Waals surface area contributed by atoms with Crippen LogP contribution in [0, 0.1) is 17.8 Å². The number of benzene rings is 1. The first kappa shape index (κ1) is 17.0. The second kappa shape index (κ2) is 7.36. The molecule has 0 aliphatic carbocycles. The maximum atomic E-state index is 5.38. The average Bonchev–Trinajstić information content (AvgIpc) is 2.65. The maximum Gasteiger partial charge on any atom is 0.203 e. The Kier molecular flexibility index (Phi) is 5.20. The van der Waals surface area contributed by atoms with E-state index in [0.717, 1.165) is 17.9 Å². The van der Waals surface area contributed by atoms with Gasteiger partial charge in [0.25, 0.3) is 0 Å². The summed E-state index contributed by atoms with van der Waals surface area (Å²) in [4.78, 5) is 0. The second-order valence-corrected chi connectivity index (χ2v) is 6.93. The van der Waals surface area contributed by atoms with E-state index in [2.05, 4.69) is 11.8 Å². The van der Waals surface area contributed by atoms with E-state index in [-0.39, 0.29) is 0 Å². The molecule has 3 aliphatic rings. The van der Waals surface area contributed by atoms with E-state index in [9.17, 15) is 0 Å². The highest BCUT2D eigenvalue weighted by molar-refractivity contribution is 5.57. The third-order valence-electron chi connectivity index (χ3n) is 5.64. The summed E-state index contributed by atoms with van der Waals surface area (Å²) in [5.74, 6) is 9.54. The molecular weight excluding hydrogens is 302 g/mol. The third kappa shape index (κ3) is 3.47. The Morgan fingerprint density at radius 1 is 0.958 bits per heavy atom. The van der Waals surface area contributed by atoms with Gasteiger partial charge in [-0.15, -0.1) is 0 Å². The summed E-state index contributed by atoms with van der Waals surface area (Å²) in [6.07, 6.45) is 5.20. The number of ether oxygens (including phenoxy) is 3. The number of fused-ring (bicyclic) bond motifs is 3. The molecule has 0 unspecified atom stereocenters. The van der Waals surface area contributed by atoms with Crippen LogP contribution in [0.3, 0.4) is 0 Å². The summed E-state index contributed by atoms with van der Waals surface area (Å²) in [7, 11) is 4.87. The van der Waals surface area contributed by atoms with Gasteiger partial charge >= 0.3 is 0 Å². The molecule has 0 amide bonds. The van der Waals surface area contributed by atoms with Gasteiger partial charge in [0.2, 0.25) is 5.75 Å². The lowest BCUT2D eigenvalue weighted by Crippen LogP contribution is -2.58. The second-order valence-electron chi connectivity index (χ2n) is 6.93. The summed E-state index contributed by atoms with van der Waals surface area (Å²) >= 11 is 0. The van der Waals surface area contributed by atoms with Crippen LogP contribution in [0.15, 0.2) is 12.1 Å². The van der Waals surface area contributed by atoms with Crippen LogP contribution in [-0.2, 0) is 0 Å². The van der Waals surface area contributed by atoms with Crippen molar-refractivity contribution in [3.8, 4) is 29.1 Å². The summed E-state index contributed by atoms with van der Waals surface area (Å²) in [6, 6.07) is 3.82. The standard InChI is InChI=1S/C20H28NO3/c1-22-18-14-17(15-19(23-2)20(18)24-3)6-4-5-10-21-11-7-16(8-12-21)9-13-21/h14-16H,5,7-13H2,1-3H3/q+1. The van der Waals surface area contributed by atoms with Crippen molar-refractivity contribution >= 4 is 0 Å². The molecule has 4 nitrogen and oxygen atoms in total. The van der Waals surface area contributed by atoms with Crippen LogP contribution in [0.2, 0.25) is 0 Å². The molecule has 3 fully saturated rings. The van der Waals surface area contributed by atoms with Crippen LogP contribution in [0.25, 0.3) is 0 Å². The highest BCUT2D eigenvalue weighted by Crippen LogP contribution is 2.38. The summed E-state index contributed by atoms with van der Waals surface area (Å²) in [6.45, 7) is 5.26. The molecule has 0 N–H and O–H groups in total. The molecule has 0 aromatic heterocycles. The lowest BCUT2D eigenvalue weighted by atomic mass is 9.85. The van der Waals surface area contributed by atoms with E-state index in [1.165, 1.54) is 49.9 Å². The lowest BCUT2D eigenvalue weighted by molar-refractivity contribution is -0.942. The van der Waals surface area contributed by atoms with Gasteiger partial charge < -0.3 is 18.7 Å². The topological polar surface area (TPSA) is 27.7 Å². The zero-order valence-electron chi connectivity index (χ0n) is 15.1. The molecule has 3 aliphatic heterocycles. The van der Waals surface area contributed by atoms with Crippen LogP contribution in [0.5, 0.6) is 17.2 Å². The van der Waals surface area contributed by atoms with Gasteiger partial charge in [0.05, 0.1) is 53.9 Å². The predicted octanol–water partition coefficient (Wildman–Crippen LogP) is 3.08. The van der Waals surface area contributed by atoms with Crippen LogP contribution >= 0.6 is 0 Å². The molecule has 0 radical (unpaired) electrons. The Bertz CT molecular complexity index is 597. The van der Waals surface area contributed by atoms with E-state index in [4.69, 9.17) is 14.2 Å². The minimum absolute atomic E-state index is 0.611. The Morgan fingerprint density at radius 2 is 1.54 bits per heavy atom. The van der Waals surface area contributed by atoms with Crippen molar-refractivity contribution in [3.05, 3.63) is 17.7 Å². The van der Waals surface area contributed by atoms with Crippen molar-refractivity contribution in [2.75, 3.05) is 47.5 Å². The maximum absolute atomic E-state index is 5.38. The fourth-order valence-corrected chi connectivity index (χ4v) is 4.08. The SMILES string of the molecule is COc1cc(C#CCC[N+]23CCC(CC2)CC3)cc(OC)c1OC. The Morgan fingerprint density at radius 3 is 2.04 bits per heavy atom. The van der Waals surface area contributed by atoms with Gasteiger partial charge in [0.15, 0.2) is 11.5 Å². The van der Waals surface area contributed by atoms with Crippen molar-refractivity contribution in [3.63, 3.8) is 0 Å². The van der Waals surface area contributed by atoms with Crippen molar-refractivity contribution in [2.45, 2.75) is 25.7 Å². The number of nitrogens with zero attached hydrogens (tertiary/aromatic N) is 1. The first-order valence-corrected chi connectivity index (χ1v) is 8.84. The predicted molar refractivity (Wildman–Crippen MR) is 94.7 cm³/mol. The summed E-state index contributed by atoms with van der Waals surface area (Å²) in [5.41, 5.74) is 0.904. The van der Waals surface area contributed by atoms with Crippen molar-refractivity contribution in [1.29, 1.82) is 0 Å². The lowest BCUT2D eigenvalue weighted by Gasteiger charge is -2.49. The fourth-order valence-electron chi connectivity index (χ4n) is 4.08. The van der Waals surface area contributed by atoms with E-state index >= 15 is 0 Å². The molecule has 3 saturated heterocycles. The summed E-state index contributed by atoms with van der Waals surface area (Å²) in [5, 5.41) is 0. The highest BCUT2D eigenvalue weighted by atomic mass is 16.5. The zero-order valence-corrected chi connectivity index (χ0v) is 15.1. The quantitative estimate of drug-likeness (QED) is 0.613. The van der Waals surface area contributed by atoms with Crippen LogP contribution in [-0.4, -0.2) is 52.0 Å². The minimum atomic E-state index is 0.611. The number of hydrogen-bond donors (Lipinski definition) is 0. The normalized spacial score (nSPS) is 24.9. The van der Waals surface area contributed by atoms with Crippen LogP contribution in [0.1, 0.15) is 31.2 Å². The molecule has 0 atom stereocenters. The molecule has 1 aromatic carbocycles. The van der Waals surface area contributed by atoms with Gasteiger partial charge in [-0.2, -0.15) is 0 Å². The van der Waals surface area contributed by atoms with Crippen LogP contribution in [0.4, 0.5) is 0 Å². The number of rotatable bonds is 5. The minimum Gasteiger partial charge on any atom is -0.493 e. The number of hydrogen-bond acceptors (Lipinski definition) is 3. The van der Waals surface area contributed by atoms with E-state index < -0.39 is 0 Å². The summed E-state index contributed by atoms with van der Waals surface area (Å²) < 4.78 is 17.4. The van der Waals surface area contributed by atoms with Gasteiger partial charge in [-0.05, 0) is 37.3 Å². The monoisotopic (exact) mass is 330 g/mol. The van der Waals surface area contributed by atoms with Crippen molar-refractivity contribution in [1.82, 2.24) is 0 Å². The van der Waals surface area contributed by atoms with Crippen molar-refractivity contribution in [2.24, 2.45) is 5.92 Å². The molecule has 1 aromatic rings. The molecule has 130 valence electrons. The van der Waals surface area contributed by atoms with E-state index in [0.29, 0.717) is 17.2 Å². The Labute approximate surface area is 145 Å². The van der Waals surface area contributed by atoms with Gasteiger partial charge in [-0.25, -0.2) is 0 Å². The Balaban J connectivity index is 1.67. The number of piperidine rings is 3. The van der Waals surface area contributed by atoms with Crippen LogP contribution < -0.4 is 14.2 Å².